The lowest BCUT2D eigenvalue weighted by Gasteiger charge is -2.10. The first kappa shape index (κ1) is 14.0. The fourth-order valence-electron chi connectivity index (χ4n) is 1.50. The highest BCUT2D eigenvalue weighted by Crippen LogP contribution is 2.33. The Morgan fingerprint density at radius 2 is 1.89 bits per heavy atom. The number of halogens is 2. The second kappa shape index (κ2) is 5.71. The minimum atomic E-state index is -0.223. The minimum Gasteiger partial charge on any atom is -0.399 e. The lowest BCUT2D eigenvalue weighted by atomic mass is 10.2. The van der Waals surface area contributed by atoms with E-state index in [4.69, 9.17) is 5.73 Å². The smallest absolute Gasteiger partial charge is 0.257 e. The first-order valence-electron chi connectivity index (χ1n) is 5.46. The number of pyridine rings is 1. The summed E-state index contributed by atoms with van der Waals surface area (Å²) in [7, 11) is 0. The van der Waals surface area contributed by atoms with Gasteiger partial charge in [-0.3, -0.25) is 9.78 Å². The standard InChI is InChI=1S/C13H11Br2N3O/c1-7-2-3-8(6-17-7)13(19)18-12-10(14)4-9(16)5-11(12)15/h2-6H,16H2,1H3,(H,18,19). The van der Waals surface area contributed by atoms with E-state index in [1.54, 1.807) is 30.5 Å². The zero-order valence-electron chi connectivity index (χ0n) is 10.1. The van der Waals surface area contributed by atoms with Gasteiger partial charge in [-0.25, -0.2) is 0 Å². The van der Waals surface area contributed by atoms with E-state index in [1.807, 2.05) is 6.92 Å². The Hall–Kier alpha value is -1.40. The van der Waals surface area contributed by atoms with Gasteiger partial charge in [0, 0.05) is 26.5 Å². The molecule has 0 bridgehead atoms. The lowest BCUT2D eigenvalue weighted by Crippen LogP contribution is -2.13. The number of hydrogen-bond acceptors (Lipinski definition) is 3. The van der Waals surface area contributed by atoms with Crippen LogP contribution < -0.4 is 11.1 Å². The monoisotopic (exact) mass is 383 g/mol. The van der Waals surface area contributed by atoms with Gasteiger partial charge in [-0.05, 0) is 63.0 Å². The molecule has 98 valence electrons. The lowest BCUT2D eigenvalue weighted by molar-refractivity contribution is 0.102. The fourth-order valence-corrected chi connectivity index (χ4v) is 2.92. The van der Waals surface area contributed by atoms with Gasteiger partial charge in [-0.1, -0.05) is 0 Å². The summed E-state index contributed by atoms with van der Waals surface area (Å²) < 4.78 is 1.43. The average Bonchev–Trinajstić information content (AvgIpc) is 2.34. The summed E-state index contributed by atoms with van der Waals surface area (Å²) in [6.45, 7) is 1.87. The van der Waals surface area contributed by atoms with Crippen molar-refractivity contribution in [1.29, 1.82) is 0 Å². The molecule has 1 heterocycles. The highest BCUT2D eigenvalue weighted by Gasteiger charge is 2.12. The molecule has 0 atom stereocenters. The van der Waals surface area contributed by atoms with Crippen molar-refractivity contribution in [3.63, 3.8) is 0 Å². The van der Waals surface area contributed by atoms with Crippen molar-refractivity contribution in [1.82, 2.24) is 4.98 Å². The summed E-state index contributed by atoms with van der Waals surface area (Å²) in [5.74, 6) is -0.223. The second-order valence-electron chi connectivity index (χ2n) is 4.00. The molecule has 0 aliphatic heterocycles. The van der Waals surface area contributed by atoms with E-state index in [-0.39, 0.29) is 5.91 Å². The third kappa shape index (κ3) is 3.33. The van der Waals surface area contributed by atoms with Crippen LogP contribution in [0.4, 0.5) is 11.4 Å². The van der Waals surface area contributed by atoms with E-state index in [1.165, 1.54) is 0 Å². The molecular formula is C13H11Br2N3O. The van der Waals surface area contributed by atoms with E-state index < -0.39 is 0 Å². The number of nitrogens with one attached hydrogen (secondary N) is 1. The zero-order valence-corrected chi connectivity index (χ0v) is 13.2. The van der Waals surface area contributed by atoms with Crippen molar-refractivity contribution in [2.24, 2.45) is 0 Å². The predicted molar refractivity (Wildman–Crippen MR) is 83.2 cm³/mol. The number of benzene rings is 1. The number of carbonyl (C=O) groups excluding carboxylic acids is 1. The van der Waals surface area contributed by atoms with Crippen LogP contribution >= 0.6 is 31.9 Å². The number of amides is 1. The Morgan fingerprint density at radius 3 is 2.42 bits per heavy atom. The highest BCUT2D eigenvalue weighted by molar-refractivity contribution is 9.11. The van der Waals surface area contributed by atoms with Crippen LogP contribution in [0.5, 0.6) is 0 Å². The Bertz CT molecular complexity index is 603. The third-order valence-corrected chi connectivity index (χ3v) is 3.73. The zero-order chi connectivity index (χ0) is 14.0. The van der Waals surface area contributed by atoms with Crippen molar-refractivity contribution in [2.75, 3.05) is 11.1 Å². The maximum absolute atomic E-state index is 12.1. The number of nitrogens with zero attached hydrogens (tertiary/aromatic N) is 1. The second-order valence-corrected chi connectivity index (χ2v) is 5.71. The van der Waals surface area contributed by atoms with Crippen LogP contribution in [0.2, 0.25) is 0 Å². The molecule has 2 aromatic rings. The van der Waals surface area contributed by atoms with E-state index in [0.717, 1.165) is 5.69 Å². The van der Waals surface area contributed by atoms with Crippen LogP contribution in [-0.2, 0) is 0 Å². The molecule has 19 heavy (non-hydrogen) atoms. The Kier molecular flexibility index (Phi) is 4.21. The Labute approximate surface area is 127 Å². The number of nitrogen functional groups attached to an aromatic ring is 1. The molecule has 0 saturated carbocycles. The molecule has 0 unspecified atom stereocenters. The number of carbonyl (C=O) groups is 1. The summed E-state index contributed by atoms with van der Waals surface area (Å²) in [6, 6.07) is 6.99. The maximum Gasteiger partial charge on any atom is 0.257 e. The molecule has 2 rings (SSSR count). The van der Waals surface area contributed by atoms with Crippen molar-refractivity contribution < 1.29 is 4.79 Å². The first-order chi connectivity index (χ1) is 8.97. The number of rotatable bonds is 2. The molecule has 0 spiro atoms. The average molecular weight is 385 g/mol. The molecule has 4 nitrogen and oxygen atoms in total. The number of nitrogens with two attached hydrogens (primary N) is 1. The molecular weight excluding hydrogens is 374 g/mol. The Balaban J connectivity index is 2.26. The predicted octanol–water partition coefficient (Wildman–Crippen LogP) is 3.75. The molecule has 1 amide bonds. The molecule has 0 fully saturated rings. The Morgan fingerprint density at radius 1 is 1.26 bits per heavy atom. The van der Waals surface area contributed by atoms with Gasteiger partial charge in [0.1, 0.15) is 0 Å². The van der Waals surface area contributed by atoms with Gasteiger partial charge in [0.05, 0.1) is 11.3 Å². The number of hydrogen-bond donors (Lipinski definition) is 2. The molecule has 0 radical (unpaired) electrons. The van der Waals surface area contributed by atoms with E-state index in [9.17, 15) is 4.79 Å². The quantitative estimate of drug-likeness (QED) is 0.774. The number of anilines is 2. The van der Waals surface area contributed by atoms with Crippen LogP contribution in [0.1, 0.15) is 16.1 Å². The summed E-state index contributed by atoms with van der Waals surface area (Å²) in [5.41, 5.74) is 8.32. The summed E-state index contributed by atoms with van der Waals surface area (Å²) >= 11 is 6.74. The third-order valence-electron chi connectivity index (χ3n) is 2.48. The fraction of sp³-hybridized carbons (Fsp3) is 0.0769. The topological polar surface area (TPSA) is 68.0 Å². The van der Waals surface area contributed by atoms with Gasteiger partial charge in [-0.2, -0.15) is 0 Å². The largest absolute Gasteiger partial charge is 0.399 e. The molecule has 1 aromatic heterocycles. The van der Waals surface area contributed by atoms with E-state index in [0.29, 0.717) is 25.9 Å². The van der Waals surface area contributed by atoms with Crippen molar-refractivity contribution in [2.45, 2.75) is 6.92 Å². The summed E-state index contributed by atoms with van der Waals surface area (Å²) in [4.78, 5) is 16.2. The van der Waals surface area contributed by atoms with E-state index >= 15 is 0 Å². The van der Waals surface area contributed by atoms with Gasteiger partial charge in [0.25, 0.3) is 5.91 Å². The SMILES string of the molecule is Cc1ccc(C(=O)Nc2c(Br)cc(N)cc2Br)cn1. The number of aromatic nitrogens is 1. The molecule has 0 saturated heterocycles. The molecule has 0 aliphatic carbocycles. The van der Waals surface area contributed by atoms with Gasteiger partial charge < -0.3 is 11.1 Å². The molecule has 6 heteroatoms. The maximum atomic E-state index is 12.1. The van der Waals surface area contributed by atoms with Crippen molar-refractivity contribution in [3.8, 4) is 0 Å². The van der Waals surface area contributed by atoms with Gasteiger partial charge in [0.15, 0.2) is 0 Å². The normalized spacial score (nSPS) is 10.3. The van der Waals surface area contributed by atoms with Crippen molar-refractivity contribution in [3.05, 3.63) is 50.7 Å². The first-order valence-corrected chi connectivity index (χ1v) is 7.04. The van der Waals surface area contributed by atoms with Crippen LogP contribution in [0.15, 0.2) is 39.4 Å². The summed E-state index contributed by atoms with van der Waals surface area (Å²) in [6.07, 6.45) is 1.55. The highest BCUT2D eigenvalue weighted by atomic mass is 79.9. The van der Waals surface area contributed by atoms with Gasteiger partial charge >= 0.3 is 0 Å². The van der Waals surface area contributed by atoms with Crippen LogP contribution in [0.3, 0.4) is 0 Å². The molecule has 0 aliphatic rings. The molecule has 1 aromatic carbocycles. The molecule has 3 N–H and O–H groups in total. The minimum absolute atomic E-state index is 0.223. The summed E-state index contributed by atoms with van der Waals surface area (Å²) in [5, 5.41) is 2.81. The van der Waals surface area contributed by atoms with Gasteiger partial charge in [0.2, 0.25) is 0 Å². The van der Waals surface area contributed by atoms with Crippen LogP contribution in [0.25, 0.3) is 0 Å². The van der Waals surface area contributed by atoms with Gasteiger partial charge in [-0.15, -0.1) is 0 Å². The van der Waals surface area contributed by atoms with Crippen LogP contribution in [0, 0.1) is 6.92 Å². The van der Waals surface area contributed by atoms with E-state index in [2.05, 4.69) is 42.2 Å². The van der Waals surface area contributed by atoms with Crippen LogP contribution in [-0.4, -0.2) is 10.9 Å². The van der Waals surface area contributed by atoms with Crippen molar-refractivity contribution >= 4 is 49.1 Å². The number of aryl methyl sites for hydroxylation is 1.